The van der Waals surface area contributed by atoms with E-state index >= 15 is 0 Å². The van der Waals surface area contributed by atoms with Gasteiger partial charge in [0.2, 0.25) is 5.69 Å². The number of piperazine rings is 1. The van der Waals surface area contributed by atoms with Crippen molar-refractivity contribution in [2.75, 3.05) is 26.2 Å². The van der Waals surface area contributed by atoms with Gasteiger partial charge in [0.05, 0.1) is 4.92 Å². The first kappa shape index (κ1) is 17.4. The smallest absolute Gasteiger partial charge is 0.320 e. The van der Waals surface area contributed by atoms with E-state index in [1.165, 1.54) is 11.7 Å². The molecule has 9 heteroatoms. The third-order valence-corrected chi connectivity index (χ3v) is 4.51. The molecule has 1 aromatic carbocycles. The second kappa shape index (κ2) is 7.20. The van der Waals surface area contributed by atoms with Gasteiger partial charge >= 0.3 is 5.69 Å². The normalized spacial score (nSPS) is 15.4. The number of aryl methyl sites for hydroxylation is 1. The van der Waals surface area contributed by atoms with Gasteiger partial charge < -0.3 is 4.90 Å². The third kappa shape index (κ3) is 3.80. The Morgan fingerprint density at radius 3 is 2.68 bits per heavy atom. The quantitative estimate of drug-likeness (QED) is 0.612. The fourth-order valence-electron chi connectivity index (χ4n) is 2.96. The minimum absolute atomic E-state index is 0.0216. The lowest BCUT2D eigenvalue weighted by molar-refractivity contribution is -0.385. The number of rotatable bonds is 4. The van der Waals surface area contributed by atoms with E-state index in [0.29, 0.717) is 31.2 Å². The van der Waals surface area contributed by atoms with E-state index < -0.39 is 4.92 Å². The van der Waals surface area contributed by atoms with Crippen LogP contribution in [0.1, 0.15) is 16.1 Å². The van der Waals surface area contributed by atoms with Crippen molar-refractivity contribution >= 4 is 23.2 Å². The molecule has 1 aliphatic heterocycles. The van der Waals surface area contributed by atoms with Gasteiger partial charge in [-0.15, -0.1) is 0 Å². The standard InChI is InChI=1S/C16H18ClN5O3/c1-19-15(14(10-18-19)22(24)25)16(23)21-7-5-20(6-8-21)11-12-3-2-4-13(17)9-12/h2-4,9-10H,5-8,11H2,1H3. The molecule has 1 aliphatic rings. The first-order chi connectivity index (χ1) is 12.0. The number of halogens is 1. The molecule has 0 radical (unpaired) electrons. The van der Waals surface area contributed by atoms with Crippen LogP contribution in [0.15, 0.2) is 30.5 Å². The van der Waals surface area contributed by atoms with Crippen LogP contribution >= 0.6 is 11.6 Å². The van der Waals surface area contributed by atoms with Gasteiger partial charge in [-0.1, -0.05) is 23.7 Å². The number of hydrogen-bond donors (Lipinski definition) is 0. The van der Waals surface area contributed by atoms with Gasteiger partial charge in [0.15, 0.2) is 0 Å². The van der Waals surface area contributed by atoms with Crippen molar-refractivity contribution in [2.24, 2.45) is 7.05 Å². The van der Waals surface area contributed by atoms with Crippen molar-refractivity contribution in [3.05, 3.63) is 56.9 Å². The van der Waals surface area contributed by atoms with Crippen LogP contribution in [0.4, 0.5) is 5.69 Å². The maximum absolute atomic E-state index is 12.6. The molecule has 0 bridgehead atoms. The molecule has 0 atom stereocenters. The van der Waals surface area contributed by atoms with Gasteiger partial charge in [0.1, 0.15) is 6.20 Å². The van der Waals surface area contributed by atoms with Crippen LogP contribution in [0, 0.1) is 10.1 Å². The number of benzene rings is 1. The van der Waals surface area contributed by atoms with Crippen LogP contribution in [0.25, 0.3) is 0 Å². The molecule has 1 saturated heterocycles. The molecule has 0 aliphatic carbocycles. The van der Waals surface area contributed by atoms with Crippen LogP contribution in [-0.4, -0.2) is 56.6 Å². The van der Waals surface area contributed by atoms with Gasteiger partial charge in [-0.25, -0.2) is 0 Å². The molecule has 1 aromatic heterocycles. The number of aromatic nitrogens is 2. The maximum Gasteiger partial charge on any atom is 0.320 e. The molecule has 25 heavy (non-hydrogen) atoms. The van der Waals surface area contributed by atoms with Gasteiger partial charge in [-0.3, -0.25) is 24.5 Å². The molecule has 0 unspecified atom stereocenters. The summed E-state index contributed by atoms with van der Waals surface area (Å²) in [6.45, 7) is 3.19. The minimum atomic E-state index is -0.574. The lowest BCUT2D eigenvalue weighted by atomic mass is 10.2. The molecule has 132 valence electrons. The molecule has 1 amide bonds. The minimum Gasteiger partial charge on any atom is -0.335 e. The van der Waals surface area contributed by atoms with E-state index in [1.54, 1.807) is 4.90 Å². The number of hydrogen-bond acceptors (Lipinski definition) is 5. The van der Waals surface area contributed by atoms with Gasteiger partial charge in [-0.05, 0) is 17.7 Å². The number of nitrogens with zero attached hydrogens (tertiary/aromatic N) is 5. The number of nitro groups is 1. The molecule has 2 heterocycles. The second-order valence-corrected chi connectivity index (χ2v) is 6.39. The zero-order valence-electron chi connectivity index (χ0n) is 13.8. The van der Waals surface area contributed by atoms with Crippen LogP contribution in [0.5, 0.6) is 0 Å². The van der Waals surface area contributed by atoms with Crippen LogP contribution in [0.2, 0.25) is 5.02 Å². The topological polar surface area (TPSA) is 84.5 Å². The molecule has 3 rings (SSSR count). The molecule has 0 spiro atoms. The van der Waals surface area contributed by atoms with Crippen LogP contribution in [0.3, 0.4) is 0 Å². The number of carbonyl (C=O) groups excluding carboxylic acids is 1. The van der Waals surface area contributed by atoms with E-state index in [-0.39, 0.29) is 17.3 Å². The third-order valence-electron chi connectivity index (χ3n) is 4.27. The van der Waals surface area contributed by atoms with E-state index in [4.69, 9.17) is 11.6 Å². The Labute approximate surface area is 149 Å². The monoisotopic (exact) mass is 363 g/mol. The summed E-state index contributed by atoms with van der Waals surface area (Å²) in [6, 6.07) is 7.70. The Balaban J connectivity index is 1.63. The summed E-state index contributed by atoms with van der Waals surface area (Å²) in [5, 5.41) is 15.6. The summed E-state index contributed by atoms with van der Waals surface area (Å²) in [4.78, 5) is 27.0. The summed E-state index contributed by atoms with van der Waals surface area (Å²) in [5.41, 5.74) is 0.886. The van der Waals surface area contributed by atoms with E-state index in [1.807, 2.05) is 24.3 Å². The highest BCUT2D eigenvalue weighted by atomic mass is 35.5. The fourth-order valence-corrected chi connectivity index (χ4v) is 3.17. The maximum atomic E-state index is 12.6. The van der Waals surface area contributed by atoms with Crippen LogP contribution < -0.4 is 0 Å². The van der Waals surface area contributed by atoms with Crippen molar-refractivity contribution in [1.82, 2.24) is 19.6 Å². The van der Waals surface area contributed by atoms with Crippen molar-refractivity contribution < 1.29 is 9.72 Å². The summed E-state index contributed by atoms with van der Waals surface area (Å²) in [7, 11) is 1.54. The highest BCUT2D eigenvalue weighted by Crippen LogP contribution is 2.20. The number of amides is 1. The van der Waals surface area contributed by atoms with E-state index in [2.05, 4.69) is 10.00 Å². The highest BCUT2D eigenvalue weighted by molar-refractivity contribution is 6.30. The van der Waals surface area contributed by atoms with Gasteiger partial charge in [-0.2, -0.15) is 5.10 Å². The molecule has 2 aromatic rings. The molecule has 1 fully saturated rings. The first-order valence-electron chi connectivity index (χ1n) is 7.88. The Morgan fingerprint density at radius 2 is 2.04 bits per heavy atom. The molecule has 0 saturated carbocycles. The lowest BCUT2D eigenvalue weighted by Gasteiger charge is -2.34. The lowest BCUT2D eigenvalue weighted by Crippen LogP contribution is -2.48. The van der Waals surface area contributed by atoms with Gasteiger partial charge in [0.25, 0.3) is 5.91 Å². The largest absolute Gasteiger partial charge is 0.335 e. The number of carbonyl (C=O) groups is 1. The Hall–Kier alpha value is -2.45. The summed E-state index contributed by atoms with van der Waals surface area (Å²) in [6.07, 6.45) is 1.11. The molecular weight excluding hydrogens is 346 g/mol. The van der Waals surface area contributed by atoms with Crippen molar-refractivity contribution in [2.45, 2.75) is 6.54 Å². The van der Waals surface area contributed by atoms with E-state index in [0.717, 1.165) is 18.3 Å². The predicted octanol–water partition coefficient (Wildman–Crippen LogP) is 1.94. The summed E-state index contributed by atoms with van der Waals surface area (Å²) >= 11 is 6.00. The zero-order valence-corrected chi connectivity index (χ0v) is 14.5. The van der Waals surface area contributed by atoms with Crippen molar-refractivity contribution in [3.8, 4) is 0 Å². The highest BCUT2D eigenvalue weighted by Gasteiger charge is 2.31. The summed E-state index contributed by atoms with van der Waals surface area (Å²) < 4.78 is 1.26. The predicted molar refractivity (Wildman–Crippen MR) is 92.5 cm³/mol. The fraction of sp³-hybridized carbons (Fsp3) is 0.375. The van der Waals surface area contributed by atoms with Crippen molar-refractivity contribution in [3.63, 3.8) is 0 Å². The SMILES string of the molecule is Cn1ncc([N+](=O)[O-])c1C(=O)N1CCN(Cc2cccc(Cl)c2)CC1. The molecular formula is C16H18ClN5O3. The first-order valence-corrected chi connectivity index (χ1v) is 8.26. The molecule has 8 nitrogen and oxygen atoms in total. The van der Waals surface area contributed by atoms with Crippen LogP contribution in [-0.2, 0) is 13.6 Å². The van der Waals surface area contributed by atoms with Gasteiger partial charge in [0, 0.05) is 44.8 Å². The summed E-state index contributed by atoms with van der Waals surface area (Å²) in [5.74, 6) is -0.353. The second-order valence-electron chi connectivity index (χ2n) is 5.96. The Morgan fingerprint density at radius 1 is 1.32 bits per heavy atom. The molecule has 0 N–H and O–H groups in total. The Bertz CT molecular complexity index is 799. The average Bonchev–Trinajstić information content (AvgIpc) is 2.97. The van der Waals surface area contributed by atoms with E-state index in [9.17, 15) is 14.9 Å². The zero-order chi connectivity index (χ0) is 18.0. The Kier molecular flexibility index (Phi) is 5.00. The average molecular weight is 364 g/mol. The van der Waals surface area contributed by atoms with Crippen molar-refractivity contribution in [1.29, 1.82) is 0 Å².